The number of halogens is 2. The molecule has 2 rings (SSSR count). The number of rotatable bonds is 7. The minimum absolute atomic E-state index is 0.0398. The molecule has 0 saturated heterocycles. The molecule has 0 spiro atoms. The lowest BCUT2D eigenvalue weighted by atomic mass is 10.0. The molecule has 1 amide bonds. The first kappa shape index (κ1) is 18.2. The van der Waals surface area contributed by atoms with Crippen molar-refractivity contribution in [3.8, 4) is 11.8 Å². The maximum Gasteiger partial charge on any atom is 0.404 e. The molecule has 0 aliphatic carbocycles. The van der Waals surface area contributed by atoms with E-state index in [2.05, 4.69) is 5.32 Å². The smallest absolute Gasteiger partial charge is 0.404 e. The average Bonchev–Trinajstić information content (AvgIpc) is 2.54. The standard InChI is InChI=1S/C18H16F2N2O3/c19-15-7-13(6-12-2-3-14(11-21)17(20)9-12)8-16(10-15)25-5-1-4-22-18(23)24/h2-3,7-10,22H,1,4-6H2,(H,23,24). The van der Waals surface area contributed by atoms with Gasteiger partial charge in [-0.3, -0.25) is 0 Å². The predicted molar refractivity (Wildman–Crippen MR) is 86.5 cm³/mol. The Morgan fingerprint density at radius 1 is 1.20 bits per heavy atom. The molecule has 0 heterocycles. The second-order valence-corrected chi connectivity index (χ2v) is 5.33. The Labute approximate surface area is 143 Å². The number of nitrogens with one attached hydrogen (secondary N) is 1. The van der Waals surface area contributed by atoms with Gasteiger partial charge in [-0.2, -0.15) is 5.26 Å². The Morgan fingerprint density at radius 2 is 2.00 bits per heavy atom. The van der Waals surface area contributed by atoms with Crippen LogP contribution in [-0.2, 0) is 6.42 Å². The summed E-state index contributed by atoms with van der Waals surface area (Å²) in [4.78, 5) is 10.3. The van der Waals surface area contributed by atoms with Crippen molar-refractivity contribution in [1.82, 2.24) is 5.32 Å². The number of hydrogen-bond donors (Lipinski definition) is 2. The number of carboxylic acid groups (broad SMARTS) is 1. The molecular formula is C18H16F2N2O3. The van der Waals surface area contributed by atoms with Gasteiger partial charge in [-0.05, 0) is 48.2 Å². The van der Waals surface area contributed by atoms with Crippen LogP contribution in [0.25, 0.3) is 0 Å². The quantitative estimate of drug-likeness (QED) is 0.752. The van der Waals surface area contributed by atoms with E-state index in [4.69, 9.17) is 15.1 Å². The molecule has 0 radical (unpaired) electrons. The summed E-state index contributed by atoms with van der Waals surface area (Å²) in [6.45, 7) is 0.469. The van der Waals surface area contributed by atoms with E-state index in [1.54, 1.807) is 18.2 Å². The van der Waals surface area contributed by atoms with Crippen molar-refractivity contribution in [2.45, 2.75) is 12.8 Å². The van der Waals surface area contributed by atoms with Crippen molar-refractivity contribution in [2.75, 3.05) is 13.2 Å². The third-order valence-electron chi connectivity index (χ3n) is 3.36. The highest BCUT2D eigenvalue weighted by Crippen LogP contribution is 2.20. The average molecular weight is 346 g/mol. The summed E-state index contributed by atoms with van der Waals surface area (Å²) in [5, 5.41) is 19.4. The lowest BCUT2D eigenvalue weighted by Gasteiger charge is -2.09. The molecule has 5 nitrogen and oxygen atoms in total. The van der Waals surface area contributed by atoms with Crippen molar-refractivity contribution in [1.29, 1.82) is 5.26 Å². The fourth-order valence-corrected chi connectivity index (χ4v) is 2.26. The molecule has 0 unspecified atom stereocenters. The second kappa shape index (κ2) is 8.64. The van der Waals surface area contributed by atoms with Gasteiger partial charge in [-0.1, -0.05) is 6.07 Å². The molecule has 0 atom stereocenters. The van der Waals surface area contributed by atoms with Crippen LogP contribution in [0.2, 0.25) is 0 Å². The molecule has 130 valence electrons. The highest BCUT2D eigenvalue weighted by Gasteiger charge is 2.07. The molecular weight excluding hydrogens is 330 g/mol. The molecule has 7 heteroatoms. The van der Waals surface area contributed by atoms with E-state index in [1.165, 1.54) is 24.3 Å². The van der Waals surface area contributed by atoms with Crippen LogP contribution in [0, 0.1) is 23.0 Å². The van der Waals surface area contributed by atoms with Gasteiger partial charge in [0.2, 0.25) is 0 Å². The Hall–Kier alpha value is -3.14. The summed E-state index contributed by atoms with van der Waals surface area (Å²) in [5.41, 5.74) is 1.17. The highest BCUT2D eigenvalue weighted by molar-refractivity contribution is 5.64. The van der Waals surface area contributed by atoms with Crippen LogP contribution in [-0.4, -0.2) is 24.4 Å². The fourth-order valence-electron chi connectivity index (χ4n) is 2.26. The number of ether oxygens (including phenoxy) is 1. The van der Waals surface area contributed by atoms with E-state index in [0.717, 1.165) is 0 Å². The van der Waals surface area contributed by atoms with E-state index in [0.29, 0.717) is 23.3 Å². The first-order valence-corrected chi connectivity index (χ1v) is 7.55. The van der Waals surface area contributed by atoms with Gasteiger partial charge in [0.05, 0.1) is 12.2 Å². The molecule has 2 N–H and O–H groups in total. The molecule has 0 aromatic heterocycles. The Balaban J connectivity index is 2.00. The predicted octanol–water partition coefficient (Wildman–Crippen LogP) is 3.46. The van der Waals surface area contributed by atoms with Gasteiger partial charge in [0.15, 0.2) is 0 Å². The summed E-state index contributed by atoms with van der Waals surface area (Å²) in [6.07, 6.45) is -0.376. The molecule has 2 aromatic rings. The van der Waals surface area contributed by atoms with Crippen LogP contribution in [0.5, 0.6) is 5.75 Å². The second-order valence-electron chi connectivity index (χ2n) is 5.33. The van der Waals surface area contributed by atoms with Crippen LogP contribution < -0.4 is 10.1 Å². The minimum Gasteiger partial charge on any atom is -0.493 e. The normalized spacial score (nSPS) is 10.1. The maximum atomic E-state index is 13.7. The molecule has 0 bridgehead atoms. The molecule has 0 aliphatic rings. The van der Waals surface area contributed by atoms with E-state index in [-0.39, 0.29) is 25.1 Å². The topological polar surface area (TPSA) is 82.3 Å². The monoisotopic (exact) mass is 346 g/mol. The fraction of sp³-hybridized carbons (Fsp3) is 0.222. The van der Waals surface area contributed by atoms with Crippen molar-refractivity contribution in [3.05, 3.63) is 64.7 Å². The van der Waals surface area contributed by atoms with E-state index in [1.807, 2.05) is 0 Å². The van der Waals surface area contributed by atoms with Crippen molar-refractivity contribution >= 4 is 6.09 Å². The van der Waals surface area contributed by atoms with E-state index >= 15 is 0 Å². The van der Waals surface area contributed by atoms with E-state index < -0.39 is 17.7 Å². The Bertz CT molecular complexity index is 803. The van der Waals surface area contributed by atoms with Gasteiger partial charge in [-0.15, -0.1) is 0 Å². The summed E-state index contributed by atoms with van der Waals surface area (Å²) in [7, 11) is 0. The summed E-state index contributed by atoms with van der Waals surface area (Å²) >= 11 is 0. The molecule has 2 aromatic carbocycles. The third kappa shape index (κ3) is 5.77. The van der Waals surface area contributed by atoms with Gasteiger partial charge in [-0.25, -0.2) is 13.6 Å². The number of amides is 1. The maximum absolute atomic E-state index is 13.7. The summed E-state index contributed by atoms with van der Waals surface area (Å²) < 4.78 is 32.8. The van der Waals surface area contributed by atoms with Gasteiger partial charge in [0.1, 0.15) is 23.5 Å². The van der Waals surface area contributed by atoms with Crippen molar-refractivity contribution in [2.24, 2.45) is 0 Å². The number of nitrogens with zero attached hydrogens (tertiary/aromatic N) is 1. The number of nitriles is 1. The first-order chi connectivity index (χ1) is 12.0. The zero-order valence-electron chi connectivity index (χ0n) is 13.3. The summed E-state index contributed by atoms with van der Waals surface area (Å²) in [6, 6.07) is 10.2. The van der Waals surface area contributed by atoms with Gasteiger partial charge < -0.3 is 15.2 Å². The highest BCUT2D eigenvalue weighted by atomic mass is 19.1. The van der Waals surface area contributed by atoms with Crippen molar-refractivity contribution in [3.63, 3.8) is 0 Å². The van der Waals surface area contributed by atoms with Crippen molar-refractivity contribution < 1.29 is 23.4 Å². The minimum atomic E-state index is -1.11. The third-order valence-corrected chi connectivity index (χ3v) is 3.36. The van der Waals surface area contributed by atoms with Crippen LogP contribution >= 0.6 is 0 Å². The van der Waals surface area contributed by atoms with Crippen LogP contribution in [0.4, 0.5) is 13.6 Å². The molecule has 0 saturated carbocycles. The Morgan fingerprint density at radius 3 is 2.68 bits per heavy atom. The lowest BCUT2D eigenvalue weighted by molar-refractivity contribution is 0.193. The zero-order valence-corrected chi connectivity index (χ0v) is 13.3. The SMILES string of the molecule is N#Cc1ccc(Cc2cc(F)cc(OCCCNC(=O)O)c2)cc1F. The van der Waals surface area contributed by atoms with Crippen LogP contribution in [0.1, 0.15) is 23.1 Å². The van der Waals surface area contributed by atoms with Crippen LogP contribution in [0.15, 0.2) is 36.4 Å². The molecule has 0 fully saturated rings. The van der Waals surface area contributed by atoms with Crippen LogP contribution in [0.3, 0.4) is 0 Å². The first-order valence-electron chi connectivity index (χ1n) is 7.55. The lowest BCUT2D eigenvalue weighted by Crippen LogP contribution is -2.23. The van der Waals surface area contributed by atoms with Gasteiger partial charge >= 0.3 is 6.09 Å². The molecule has 0 aliphatic heterocycles. The summed E-state index contributed by atoms with van der Waals surface area (Å²) in [5.74, 6) is -0.775. The van der Waals surface area contributed by atoms with Gasteiger partial charge in [0, 0.05) is 12.6 Å². The number of benzene rings is 2. The largest absolute Gasteiger partial charge is 0.493 e. The van der Waals surface area contributed by atoms with E-state index in [9.17, 15) is 13.6 Å². The van der Waals surface area contributed by atoms with Gasteiger partial charge in [0.25, 0.3) is 0 Å². The number of hydrogen-bond acceptors (Lipinski definition) is 3. The zero-order chi connectivity index (χ0) is 18.2. The Kier molecular flexibility index (Phi) is 6.29. The molecule has 25 heavy (non-hydrogen) atoms. The number of carbonyl (C=O) groups is 1.